The quantitative estimate of drug-likeness (QED) is 0.845. The van der Waals surface area contributed by atoms with Crippen molar-refractivity contribution in [1.29, 1.82) is 0 Å². The molecule has 0 aliphatic rings. The molecule has 0 bridgehead atoms. The second kappa shape index (κ2) is 7.48. The molecule has 0 amide bonds. The number of rotatable bonds is 6. The van der Waals surface area contributed by atoms with Crippen LogP contribution in [-0.2, 0) is 0 Å². The normalized spacial score (nSPS) is 12.0. The Balaban J connectivity index is 2.30. The third-order valence-electron chi connectivity index (χ3n) is 3.16. The second-order valence-electron chi connectivity index (χ2n) is 4.59. The third-order valence-corrected chi connectivity index (χ3v) is 3.65. The third kappa shape index (κ3) is 3.99. The maximum Gasteiger partial charge on any atom is 0.124 e. The van der Waals surface area contributed by atoms with E-state index in [9.17, 15) is 0 Å². The average Bonchev–Trinajstić information content (AvgIpc) is 2.50. The summed E-state index contributed by atoms with van der Waals surface area (Å²) in [4.78, 5) is 0. The van der Waals surface area contributed by atoms with Gasteiger partial charge in [0.2, 0.25) is 0 Å². The zero-order chi connectivity index (χ0) is 15.2. The highest BCUT2D eigenvalue weighted by atomic mass is 79.9. The molecule has 21 heavy (non-hydrogen) atoms. The lowest BCUT2D eigenvalue weighted by atomic mass is 9.98. The summed E-state index contributed by atoms with van der Waals surface area (Å²) in [5, 5.41) is 0. The van der Waals surface area contributed by atoms with E-state index in [0.717, 1.165) is 27.1 Å². The van der Waals surface area contributed by atoms with Crippen LogP contribution in [0, 0.1) is 0 Å². The van der Waals surface area contributed by atoms with Gasteiger partial charge in [0, 0.05) is 10.0 Å². The van der Waals surface area contributed by atoms with Crippen LogP contribution in [0.1, 0.15) is 31.0 Å². The Morgan fingerprint density at radius 1 is 1.00 bits per heavy atom. The molecule has 0 saturated carbocycles. The SMILES string of the molecule is CCOc1ccc(C(N)c2cc(Br)ccc2OCC)cc1. The molecule has 2 aromatic rings. The van der Waals surface area contributed by atoms with Gasteiger partial charge in [0.05, 0.1) is 19.3 Å². The molecule has 2 rings (SSSR count). The lowest BCUT2D eigenvalue weighted by Crippen LogP contribution is -2.13. The summed E-state index contributed by atoms with van der Waals surface area (Å²) in [7, 11) is 0. The van der Waals surface area contributed by atoms with Crippen molar-refractivity contribution in [2.45, 2.75) is 19.9 Å². The molecule has 0 fully saturated rings. The number of ether oxygens (including phenoxy) is 2. The van der Waals surface area contributed by atoms with E-state index in [2.05, 4.69) is 15.9 Å². The van der Waals surface area contributed by atoms with E-state index in [-0.39, 0.29) is 6.04 Å². The molecule has 0 radical (unpaired) electrons. The summed E-state index contributed by atoms with van der Waals surface area (Å²) in [5.41, 5.74) is 8.39. The highest BCUT2D eigenvalue weighted by Gasteiger charge is 2.15. The van der Waals surface area contributed by atoms with Crippen LogP contribution in [0.15, 0.2) is 46.9 Å². The van der Waals surface area contributed by atoms with Gasteiger partial charge in [0.1, 0.15) is 11.5 Å². The van der Waals surface area contributed by atoms with Crippen molar-refractivity contribution in [3.63, 3.8) is 0 Å². The molecule has 2 N–H and O–H groups in total. The molecule has 0 heterocycles. The largest absolute Gasteiger partial charge is 0.494 e. The number of hydrogen-bond acceptors (Lipinski definition) is 3. The Hall–Kier alpha value is -1.52. The Labute approximate surface area is 134 Å². The lowest BCUT2D eigenvalue weighted by molar-refractivity contribution is 0.335. The minimum absolute atomic E-state index is 0.236. The molecule has 0 spiro atoms. The summed E-state index contributed by atoms with van der Waals surface area (Å²) in [6.07, 6.45) is 0. The highest BCUT2D eigenvalue weighted by molar-refractivity contribution is 9.10. The maximum atomic E-state index is 6.40. The van der Waals surface area contributed by atoms with Crippen LogP contribution < -0.4 is 15.2 Å². The van der Waals surface area contributed by atoms with E-state index in [1.807, 2.05) is 56.3 Å². The molecule has 2 aromatic carbocycles. The van der Waals surface area contributed by atoms with Crippen molar-refractivity contribution in [3.8, 4) is 11.5 Å². The van der Waals surface area contributed by atoms with Crippen molar-refractivity contribution >= 4 is 15.9 Å². The molecule has 1 atom stereocenters. The first-order chi connectivity index (χ1) is 10.2. The van der Waals surface area contributed by atoms with Crippen molar-refractivity contribution in [2.75, 3.05) is 13.2 Å². The van der Waals surface area contributed by atoms with E-state index in [4.69, 9.17) is 15.2 Å². The van der Waals surface area contributed by atoms with E-state index >= 15 is 0 Å². The fraction of sp³-hybridized carbons (Fsp3) is 0.294. The van der Waals surface area contributed by atoms with Crippen LogP contribution in [0.5, 0.6) is 11.5 Å². The van der Waals surface area contributed by atoms with Crippen molar-refractivity contribution < 1.29 is 9.47 Å². The first kappa shape index (κ1) is 15.9. The Bertz CT molecular complexity index is 584. The molecule has 112 valence electrons. The topological polar surface area (TPSA) is 44.5 Å². The van der Waals surface area contributed by atoms with Crippen LogP contribution in [0.2, 0.25) is 0 Å². The Morgan fingerprint density at radius 2 is 1.67 bits per heavy atom. The van der Waals surface area contributed by atoms with Gasteiger partial charge in [-0.2, -0.15) is 0 Å². The Kier molecular flexibility index (Phi) is 5.65. The molecule has 3 nitrogen and oxygen atoms in total. The maximum absolute atomic E-state index is 6.40. The monoisotopic (exact) mass is 349 g/mol. The standard InChI is InChI=1S/C17H20BrNO2/c1-3-20-14-8-5-12(6-9-14)17(19)15-11-13(18)7-10-16(15)21-4-2/h5-11,17H,3-4,19H2,1-2H3. The summed E-state index contributed by atoms with van der Waals surface area (Å²) in [6, 6.07) is 13.5. The second-order valence-corrected chi connectivity index (χ2v) is 5.51. The van der Waals surface area contributed by atoms with Crippen molar-refractivity contribution in [3.05, 3.63) is 58.1 Å². The number of nitrogens with two attached hydrogens (primary N) is 1. The lowest BCUT2D eigenvalue weighted by Gasteiger charge is -2.18. The zero-order valence-corrected chi connectivity index (χ0v) is 13.9. The summed E-state index contributed by atoms with van der Waals surface area (Å²) < 4.78 is 12.1. The van der Waals surface area contributed by atoms with Gasteiger partial charge in [-0.15, -0.1) is 0 Å². The molecule has 0 saturated heterocycles. The molecular formula is C17H20BrNO2. The minimum atomic E-state index is -0.236. The zero-order valence-electron chi connectivity index (χ0n) is 12.3. The van der Waals surface area contributed by atoms with Gasteiger partial charge in [0.15, 0.2) is 0 Å². The predicted molar refractivity (Wildman–Crippen MR) is 89.0 cm³/mol. The van der Waals surface area contributed by atoms with Crippen LogP contribution >= 0.6 is 15.9 Å². The van der Waals surface area contributed by atoms with Crippen molar-refractivity contribution in [2.24, 2.45) is 5.73 Å². The van der Waals surface area contributed by atoms with Crippen LogP contribution in [0.3, 0.4) is 0 Å². The average molecular weight is 350 g/mol. The molecule has 1 unspecified atom stereocenters. The minimum Gasteiger partial charge on any atom is -0.494 e. The number of hydrogen-bond donors (Lipinski definition) is 1. The summed E-state index contributed by atoms with van der Waals surface area (Å²) in [5.74, 6) is 1.68. The van der Waals surface area contributed by atoms with Gasteiger partial charge < -0.3 is 15.2 Å². The summed E-state index contributed by atoms with van der Waals surface area (Å²) in [6.45, 7) is 5.21. The van der Waals surface area contributed by atoms with Crippen LogP contribution in [-0.4, -0.2) is 13.2 Å². The predicted octanol–water partition coefficient (Wildman–Crippen LogP) is 4.29. The summed E-state index contributed by atoms with van der Waals surface area (Å²) >= 11 is 3.49. The fourth-order valence-corrected chi connectivity index (χ4v) is 2.55. The number of halogens is 1. The van der Waals surface area contributed by atoms with Gasteiger partial charge in [-0.1, -0.05) is 28.1 Å². The first-order valence-corrected chi connectivity index (χ1v) is 7.85. The van der Waals surface area contributed by atoms with E-state index in [1.165, 1.54) is 0 Å². The highest BCUT2D eigenvalue weighted by Crippen LogP contribution is 2.31. The van der Waals surface area contributed by atoms with Gasteiger partial charge in [-0.3, -0.25) is 0 Å². The molecule has 0 aromatic heterocycles. The number of benzene rings is 2. The van der Waals surface area contributed by atoms with Gasteiger partial charge in [0.25, 0.3) is 0 Å². The van der Waals surface area contributed by atoms with Crippen LogP contribution in [0.4, 0.5) is 0 Å². The molecule has 4 heteroatoms. The molecule has 0 aliphatic heterocycles. The smallest absolute Gasteiger partial charge is 0.124 e. The van der Waals surface area contributed by atoms with Gasteiger partial charge in [-0.25, -0.2) is 0 Å². The first-order valence-electron chi connectivity index (χ1n) is 7.06. The van der Waals surface area contributed by atoms with Gasteiger partial charge in [-0.05, 0) is 49.7 Å². The fourth-order valence-electron chi connectivity index (χ4n) is 2.17. The van der Waals surface area contributed by atoms with Crippen molar-refractivity contribution in [1.82, 2.24) is 0 Å². The Morgan fingerprint density at radius 3 is 2.29 bits per heavy atom. The van der Waals surface area contributed by atoms with Gasteiger partial charge >= 0.3 is 0 Å². The molecule has 0 aliphatic carbocycles. The van der Waals surface area contributed by atoms with E-state index < -0.39 is 0 Å². The van der Waals surface area contributed by atoms with E-state index in [0.29, 0.717) is 13.2 Å². The van der Waals surface area contributed by atoms with E-state index in [1.54, 1.807) is 0 Å². The van der Waals surface area contributed by atoms with Crippen LogP contribution in [0.25, 0.3) is 0 Å². The molecular weight excluding hydrogens is 330 g/mol.